The quantitative estimate of drug-likeness (QED) is 0.571. The van der Waals surface area contributed by atoms with E-state index in [2.05, 4.69) is 20.2 Å². The normalized spacial score (nSPS) is 10.8. The fourth-order valence-electron chi connectivity index (χ4n) is 1.57. The average Bonchev–Trinajstić information content (AvgIpc) is 2.98. The van der Waals surface area contributed by atoms with Crippen molar-refractivity contribution in [2.45, 2.75) is 17.2 Å². The van der Waals surface area contributed by atoms with Crippen LogP contribution in [0.15, 0.2) is 45.5 Å². The maximum Gasteiger partial charge on any atom is 0.217 e. The lowest BCUT2D eigenvalue weighted by Crippen LogP contribution is -2.11. The van der Waals surface area contributed by atoms with Gasteiger partial charge in [0.2, 0.25) is 5.16 Å². The Balaban J connectivity index is 1.94. The number of aryl methyl sites for hydroxylation is 1. The maximum absolute atomic E-state index is 5.98. The molecule has 0 atom stereocenters. The van der Waals surface area contributed by atoms with E-state index in [-0.39, 0.29) is 0 Å². The largest absolute Gasteiger partial charge is 0.469 e. The zero-order chi connectivity index (χ0) is 13.2. The molecule has 0 saturated heterocycles. The fourth-order valence-corrected chi connectivity index (χ4v) is 2.22. The predicted molar refractivity (Wildman–Crippen MR) is 68.8 cm³/mol. The molecule has 19 heavy (non-hydrogen) atoms. The Labute approximate surface area is 112 Å². The molecule has 2 N–H and O–H groups in total. The summed E-state index contributed by atoms with van der Waals surface area (Å²) >= 11 is 1.25. The minimum Gasteiger partial charge on any atom is -0.469 e. The van der Waals surface area contributed by atoms with Crippen LogP contribution < -0.4 is 5.84 Å². The van der Waals surface area contributed by atoms with Gasteiger partial charge in [0.15, 0.2) is 11.0 Å². The molecule has 96 valence electrons. The summed E-state index contributed by atoms with van der Waals surface area (Å²) in [7, 11) is 0. The molecular weight excluding hydrogens is 264 g/mol. The third kappa shape index (κ3) is 2.17. The van der Waals surface area contributed by atoms with E-state index in [9.17, 15) is 0 Å². The lowest BCUT2D eigenvalue weighted by atomic mass is 10.2. The van der Waals surface area contributed by atoms with Gasteiger partial charge in [-0.05, 0) is 30.8 Å². The second-order valence-corrected chi connectivity index (χ2v) is 4.63. The molecule has 0 bridgehead atoms. The van der Waals surface area contributed by atoms with E-state index < -0.39 is 0 Å². The maximum atomic E-state index is 5.98. The van der Waals surface area contributed by atoms with Gasteiger partial charge in [0.05, 0.1) is 11.8 Å². The Morgan fingerprint density at radius 3 is 2.74 bits per heavy atom. The number of nitrogens with zero attached hydrogens (tertiary/aromatic N) is 5. The van der Waals surface area contributed by atoms with Crippen LogP contribution in [0.4, 0.5) is 0 Å². The van der Waals surface area contributed by atoms with Crippen LogP contribution in [-0.4, -0.2) is 24.8 Å². The van der Waals surface area contributed by atoms with Crippen LogP contribution in [0.5, 0.6) is 0 Å². The molecular formula is C11H10N6OS. The lowest BCUT2D eigenvalue weighted by Gasteiger charge is -2.01. The molecule has 0 aliphatic rings. The first-order chi connectivity index (χ1) is 9.25. The highest BCUT2D eigenvalue weighted by Crippen LogP contribution is 2.27. The van der Waals surface area contributed by atoms with Gasteiger partial charge in [-0.2, -0.15) is 0 Å². The number of nitrogens with two attached hydrogens (primary N) is 1. The van der Waals surface area contributed by atoms with Gasteiger partial charge in [-0.1, -0.05) is 0 Å². The second-order valence-electron chi connectivity index (χ2n) is 3.70. The molecule has 0 spiro atoms. The zero-order valence-electron chi connectivity index (χ0n) is 10.0. The highest BCUT2D eigenvalue weighted by molar-refractivity contribution is 7.99. The first kappa shape index (κ1) is 11.7. The molecule has 7 nitrogen and oxygen atoms in total. The topological polar surface area (TPSA) is 95.6 Å². The summed E-state index contributed by atoms with van der Waals surface area (Å²) in [6.45, 7) is 1.84. The second kappa shape index (κ2) is 4.73. The van der Waals surface area contributed by atoms with Gasteiger partial charge in [0.1, 0.15) is 5.76 Å². The van der Waals surface area contributed by atoms with Crippen LogP contribution in [0.2, 0.25) is 0 Å². The van der Waals surface area contributed by atoms with Crippen molar-refractivity contribution in [1.29, 1.82) is 0 Å². The van der Waals surface area contributed by atoms with Crippen LogP contribution in [0.1, 0.15) is 5.76 Å². The molecule has 0 aliphatic heterocycles. The number of nitrogen functional groups attached to an aromatic ring is 1. The van der Waals surface area contributed by atoms with E-state index in [1.165, 1.54) is 16.4 Å². The van der Waals surface area contributed by atoms with E-state index in [0.717, 1.165) is 11.3 Å². The molecule has 0 fully saturated rings. The van der Waals surface area contributed by atoms with Crippen molar-refractivity contribution in [1.82, 2.24) is 24.8 Å². The van der Waals surface area contributed by atoms with Crippen LogP contribution in [-0.2, 0) is 0 Å². The molecule has 0 unspecified atom stereocenters. The smallest absolute Gasteiger partial charge is 0.217 e. The Bertz CT molecular complexity index is 692. The van der Waals surface area contributed by atoms with Gasteiger partial charge >= 0.3 is 0 Å². The molecule has 0 amide bonds. The first-order valence-electron chi connectivity index (χ1n) is 5.45. The van der Waals surface area contributed by atoms with Gasteiger partial charge in [-0.15, -0.1) is 10.2 Å². The highest BCUT2D eigenvalue weighted by atomic mass is 32.2. The molecule has 3 heterocycles. The highest BCUT2D eigenvalue weighted by Gasteiger charge is 2.16. The van der Waals surface area contributed by atoms with E-state index in [4.69, 9.17) is 10.3 Å². The number of hydrogen-bond acceptors (Lipinski definition) is 7. The van der Waals surface area contributed by atoms with Crippen molar-refractivity contribution in [2.24, 2.45) is 0 Å². The van der Waals surface area contributed by atoms with Crippen LogP contribution in [0.25, 0.3) is 11.4 Å². The van der Waals surface area contributed by atoms with Crippen LogP contribution >= 0.6 is 11.8 Å². The van der Waals surface area contributed by atoms with Crippen molar-refractivity contribution in [3.05, 3.63) is 36.5 Å². The van der Waals surface area contributed by atoms with E-state index >= 15 is 0 Å². The van der Waals surface area contributed by atoms with Crippen molar-refractivity contribution in [3.63, 3.8) is 0 Å². The number of rotatable bonds is 3. The SMILES string of the molecule is Cc1occc1-c1nnc(Sc2ncccn2)n1N. The molecule has 0 aromatic carbocycles. The first-order valence-corrected chi connectivity index (χ1v) is 6.27. The summed E-state index contributed by atoms with van der Waals surface area (Å²) in [4.78, 5) is 8.20. The lowest BCUT2D eigenvalue weighted by molar-refractivity contribution is 0.535. The fraction of sp³-hybridized carbons (Fsp3) is 0.0909. The summed E-state index contributed by atoms with van der Waals surface area (Å²) in [6, 6.07) is 3.55. The third-order valence-corrected chi connectivity index (χ3v) is 3.34. The molecule has 0 radical (unpaired) electrons. The summed E-state index contributed by atoms with van der Waals surface area (Å²) < 4.78 is 6.63. The molecule has 8 heteroatoms. The molecule has 0 saturated carbocycles. The van der Waals surface area contributed by atoms with Gasteiger partial charge in [0.25, 0.3) is 0 Å². The van der Waals surface area contributed by atoms with E-state index in [0.29, 0.717) is 16.1 Å². The Morgan fingerprint density at radius 1 is 1.26 bits per heavy atom. The minimum absolute atomic E-state index is 0.516. The Kier molecular flexibility index (Phi) is 2.92. The molecule has 0 aliphatic carbocycles. The van der Waals surface area contributed by atoms with Crippen molar-refractivity contribution in [3.8, 4) is 11.4 Å². The summed E-state index contributed by atoms with van der Waals surface area (Å²) in [5, 5.41) is 9.19. The van der Waals surface area contributed by atoms with Crippen LogP contribution in [0.3, 0.4) is 0 Å². The molecule has 3 aromatic heterocycles. The van der Waals surface area contributed by atoms with Gasteiger partial charge < -0.3 is 10.3 Å². The number of aromatic nitrogens is 5. The average molecular weight is 274 g/mol. The van der Waals surface area contributed by atoms with Crippen LogP contribution in [0, 0.1) is 6.92 Å². The van der Waals surface area contributed by atoms with Crippen molar-refractivity contribution >= 4 is 11.8 Å². The summed E-state index contributed by atoms with van der Waals surface area (Å²) in [5.74, 6) is 7.27. The molecule has 3 rings (SSSR count). The number of furan rings is 1. The monoisotopic (exact) mass is 274 g/mol. The van der Waals surface area contributed by atoms with E-state index in [1.54, 1.807) is 30.8 Å². The van der Waals surface area contributed by atoms with Gasteiger partial charge in [0, 0.05) is 12.4 Å². The van der Waals surface area contributed by atoms with Crippen molar-refractivity contribution in [2.75, 3.05) is 5.84 Å². The zero-order valence-corrected chi connectivity index (χ0v) is 10.8. The van der Waals surface area contributed by atoms with Gasteiger partial charge in [-0.3, -0.25) is 0 Å². The molecule has 3 aromatic rings. The minimum atomic E-state index is 0.516. The third-order valence-electron chi connectivity index (χ3n) is 2.49. The Morgan fingerprint density at radius 2 is 2.05 bits per heavy atom. The van der Waals surface area contributed by atoms with Gasteiger partial charge in [-0.25, -0.2) is 14.6 Å². The predicted octanol–water partition coefficient (Wildman–Crippen LogP) is 1.50. The number of hydrogen-bond donors (Lipinski definition) is 1. The van der Waals surface area contributed by atoms with Crippen molar-refractivity contribution < 1.29 is 4.42 Å². The summed E-state index contributed by atoms with van der Waals surface area (Å²) in [6.07, 6.45) is 4.91. The standard InChI is InChI=1S/C11H10N6OS/c1-7-8(3-6-18-7)9-15-16-11(17(9)12)19-10-13-4-2-5-14-10/h2-6H,12H2,1H3. The van der Waals surface area contributed by atoms with E-state index in [1.807, 2.05) is 6.92 Å². The summed E-state index contributed by atoms with van der Waals surface area (Å²) in [5.41, 5.74) is 0.816. The Hall–Kier alpha value is -2.35.